The molecular formula is C121H177B3BrF4O10PS3VY. The standard InChI is InChI=1S/C22H35FO2.C20H20BrP.C20H31FO3.C19H26O.C18H25FO2.C18H23FO2.CH3BS.3CH4.BS.B.S.V.Y.H2/c1-5-14-6-7-19-17-12-20(23)18-13-22(24-3,25-4)11-9-16(18)15(17)8-10-21(14,19)2;1-2-22(21,18-12-6-3-7-13-18,19-14-8-4-9-15-19)20-16-10-5-11-17-20;1-19-8-6-12-13-7-9-20(23-2,24-3)11-15(13)17(21)10-14(12)16(19)4-5-18(19)22;1-12-3-5-14-13(11-12)4-6-16-15(14)9-10-19(2)17(16)7-8-18(19)20;2*1-18-7-6-12-11-3-2-10(20)8-14(11)16(19)9-13(12)15(18)4-5-17(18)21;1-2-3;;;;1-2;;;;;/h5,15-20H,6-13H2,1-4H3;3-17H,2H2,1H3;12-17H,4-11H2,1-3H3;4,11,14-17H,3,5-10H2,1-2H3;11-16H,2-9H2,1H3;8,11-13,15-16H,2-7,9H2,1H3;1H3;3*1H4;;;;;;1H/t15-,16-,17-,18+,19+,20-,21-;;12-,13-,14-,15+,16+,17-,19+;14-,15+,16+,17-,19-;11-,12-,13-,14+,15+,16-,18+;11-,12-,13-,15+,16-,18+;;;;;;;;;;/m1.1011........../s1. The molecule has 0 N–H and O–H groups in total. The van der Waals surface area contributed by atoms with Crippen molar-refractivity contribution in [1.82, 2.24) is 0 Å². The van der Waals surface area contributed by atoms with Gasteiger partial charge in [0.05, 0.1) is 0 Å². The van der Waals surface area contributed by atoms with E-state index in [2.05, 4.69) is 221 Å². The number of benzene rings is 3. The van der Waals surface area contributed by atoms with E-state index in [4.69, 9.17) is 18.9 Å². The van der Waals surface area contributed by atoms with Gasteiger partial charge in [0.2, 0.25) is 0 Å². The van der Waals surface area contributed by atoms with Crippen LogP contribution in [-0.2, 0) is 96.1 Å². The normalized spacial score (nSPS) is 40.4. The molecule has 24 heteroatoms. The number of ether oxygens (including phenoxy) is 4. The Morgan fingerprint density at radius 2 is 0.772 bits per heavy atom. The molecule has 17 fully saturated rings. The number of carbonyl (C=O) groups excluding carboxylic acids is 6. The van der Waals surface area contributed by atoms with Gasteiger partial charge in [0.25, 0.3) is 0 Å². The Morgan fingerprint density at radius 1 is 0.441 bits per heavy atom. The minimum Gasteiger partial charge on any atom is 0 e. The number of methoxy groups -OCH3 is 4. The van der Waals surface area contributed by atoms with Gasteiger partial charge in [0.1, 0.15) is 53.6 Å². The number of fused-ring (bicyclic) bond motifs is 25. The van der Waals surface area contributed by atoms with E-state index in [-0.39, 0.29) is 122 Å². The second-order valence-corrected chi connectivity index (χ2v) is 57.8. The number of Topliss-reactive ketones (excluding diaryl/α,β-unsaturated/α-hetero) is 5. The van der Waals surface area contributed by atoms with Crippen LogP contribution in [-0.4, -0.2) is 127 Å². The Hall–Kier alpha value is -2.35. The van der Waals surface area contributed by atoms with E-state index in [1.165, 1.54) is 73.7 Å². The minimum atomic E-state index is -2.59. The van der Waals surface area contributed by atoms with Gasteiger partial charge in [-0.2, -0.15) is 0 Å². The van der Waals surface area contributed by atoms with E-state index >= 15 is 8.78 Å². The van der Waals surface area contributed by atoms with Crippen LogP contribution in [0.2, 0.25) is 6.82 Å². The molecule has 17 saturated carbocycles. The predicted molar refractivity (Wildman–Crippen MR) is 596 cm³/mol. The van der Waals surface area contributed by atoms with Crippen LogP contribution in [0, 0.1) is 163 Å². The van der Waals surface area contributed by atoms with Crippen molar-refractivity contribution in [3.8, 4) is 0 Å². The number of allylic oxidation sites excluding steroid dienone is 7. The molecule has 20 aliphatic carbocycles. The molecule has 796 valence electrons. The molecule has 0 aromatic heterocycles. The molecule has 0 aliphatic heterocycles. The Kier molecular flexibility index (Phi) is 44.4. The number of hydrogen-bond donors (Lipinski definition) is 0. The topological polar surface area (TPSA) is 139 Å². The van der Waals surface area contributed by atoms with Gasteiger partial charge in [-0.1, -0.05) is 86.3 Å². The third-order valence-electron chi connectivity index (χ3n) is 43.3. The Labute approximate surface area is 933 Å². The van der Waals surface area contributed by atoms with E-state index in [1.54, 1.807) is 57.4 Å². The molecule has 0 amide bonds. The third kappa shape index (κ3) is 23.3. The van der Waals surface area contributed by atoms with Gasteiger partial charge < -0.3 is 18.9 Å². The molecule has 0 bridgehead atoms. The van der Waals surface area contributed by atoms with E-state index in [9.17, 15) is 37.5 Å². The van der Waals surface area contributed by atoms with Crippen molar-refractivity contribution in [2.45, 2.75) is 365 Å². The molecular weight excluding hydrogens is 2070 g/mol. The molecule has 145 heavy (non-hydrogen) atoms. The quantitative estimate of drug-likeness (QED) is 0.0696. The smallest absolute Gasteiger partial charge is 0 e. The summed E-state index contributed by atoms with van der Waals surface area (Å²) >= 11 is 14.1. The van der Waals surface area contributed by atoms with E-state index < -0.39 is 41.6 Å². The molecule has 3 aromatic carbocycles. The summed E-state index contributed by atoms with van der Waals surface area (Å²) in [4.78, 5) is 72.5. The SMILES string of the molecule is C.C.C.CB=S.CC1=CC2=CC[C@@H]3[C@H](CC[C@]4(C)C(=O)CC[C@@H]34)[C@H]2CC1.CC=C1CC[C@H]2[C@@H]3C[C@@H](F)[C@H]4CC(OC)(OC)CC[C@@H]4[C@H]3CC[C@]12C.CCP(Br)(c1ccccc1)(c1ccccc1)c1ccccc1.COC1(OC)CC[C@@H]2[C@H]3CC[C@]4(C)C(=O)CC[C@H]4[C@@H]3C[C@@H](F)[C@H]2C1.C[C@]12CC[C@@H]3[C@H]4CCC(=O)C[C@@H]4[C@H](F)C[C@H]3[C@@H]1CCC2=O.C[C@]12CC[C@H]3[C@@H](C[C@@H](F)C4=CC(=O)CC[C@@H]43)[C@@H]1CCC2=O.[B].[B]=S.[HH].[S]=[V].[Y]. The fourth-order valence-corrected chi connectivity index (χ4v) is 42.4. The summed E-state index contributed by atoms with van der Waals surface area (Å²) in [6.45, 7) is 23.8. The Balaban J connectivity index is 0.000000191. The molecule has 32 atom stereocenters. The largest absolute Gasteiger partial charge is 0 e. The molecule has 10 nitrogen and oxygen atoms in total. The van der Waals surface area contributed by atoms with Crippen molar-refractivity contribution in [2.75, 3.05) is 34.6 Å². The van der Waals surface area contributed by atoms with Crippen molar-refractivity contribution in [3.63, 3.8) is 0 Å². The third-order valence-corrected chi connectivity index (χ3v) is 53.8. The van der Waals surface area contributed by atoms with E-state index in [1.807, 2.05) is 22.5 Å². The molecule has 0 heterocycles. The first-order valence-corrected chi connectivity index (χ1v) is 62.0. The van der Waals surface area contributed by atoms with Crippen LogP contribution in [0.4, 0.5) is 17.6 Å². The van der Waals surface area contributed by atoms with Crippen LogP contribution in [0.5, 0.6) is 0 Å². The van der Waals surface area contributed by atoms with Crippen molar-refractivity contribution in [2.24, 2.45) is 163 Å². The summed E-state index contributed by atoms with van der Waals surface area (Å²) in [5, 5.41) is 1.56. The maximum absolute atomic E-state index is 15.3. The Morgan fingerprint density at radius 3 is 1.17 bits per heavy atom. The molecule has 0 unspecified atom stereocenters. The van der Waals surface area contributed by atoms with Crippen LogP contribution >= 0.6 is 55.2 Å². The minimum absolute atomic E-state index is 0. The monoisotopic (exact) mass is 2250 g/mol. The van der Waals surface area contributed by atoms with Crippen LogP contribution in [0.3, 0.4) is 0 Å². The molecule has 0 saturated heterocycles. The average molecular weight is 2250 g/mol. The molecule has 20 aliphatic rings. The Bertz CT molecular complexity index is 4950. The summed E-state index contributed by atoms with van der Waals surface area (Å²) in [5.74, 6) is 12.0. The summed E-state index contributed by atoms with van der Waals surface area (Å²) in [6, 6.07) is 32.7. The second-order valence-electron chi connectivity index (χ2n) is 48.1. The van der Waals surface area contributed by atoms with Gasteiger partial charge >= 0.3 is 211 Å². The molecule has 0 spiro atoms. The van der Waals surface area contributed by atoms with Gasteiger partial charge in [0.15, 0.2) is 17.4 Å². The summed E-state index contributed by atoms with van der Waals surface area (Å²) in [5.41, 5.74) is 5.48. The van der Waals surface area contributed by atoms with Crippen LogP contribution in [0.25, 0.3) is 0 Å². The maximum atomic E-state index is 15.3. The number of alkyl halides is 4. The first kappa shape index (κ1) is 124. The van der Waals surface area contributed by atoms with Gasteiger partial charge in [-0.05, 0) is 340 Å². The first-order valence-electron chi connectivity index (χ1n) is 54.5. The van der Waals surface area contributed by atoms with Crippen LogP contribution in [0.1, 0.15) is 323 Å². The predicted octanol–water partition coefficient (Wildman–Crippen LogP) is 30.1. The molecule has 3 aromatic rings. The number of hydrogen-bond acceptors (Lipinski definition) is 13. The van der Waals surface area contributed by atoms with Crippen LogP contribution < -0.4 is 15.9 Å². The van der Waals surface area contributed by atoms with Crippen molar-refractivity contribution in [3.05, 3.63) is 138 Å². The van der Waals surface area contributed by atoms with Crippen molar-refractivity contribution < 1.29 is 115 Å². The van der Waals surface area contributed by atoms with Gasteiger partial charge in [-0.15, -0.1) is 0 Å². The molecule has 23 rings (SSSR count). The van der Waals surface area contributed by atoms with Crippen molar-refractivity contribution >= 4 is 127 Å². The zero-order chi connectivity index (χ0) is 101. The number of ketones is 6. The first-order chi connectivity index (χ1) is 67.1. The van der Waals surface area contributed by atoms with Crippen molar-refractivity contribution in [1.29, 1.82) is 0 Å². The maximum Gasteiger partial charge on any atom is 0 e. The number of rotatable bonds is 8. The zero-order valence-electron chi connectivity index (χ0n) is 87.5. The number of halogens is 5. The van der Waals surface area contributed by atoms with E-state index in [0.717, 1.165) is 157 Å². The fourth-order valence-electron chi connectivity index (χ4n) is 35.9. The average Bonchev–Trinajstić information content (AvgIpc) is 1.30. The van der Waals surface area contributed by atoms with Gasteiger partial charge in [-0.25, -0.2) is 17.6 Å². The second kappa shape index (κ2) is 51.8. The van der Waals surface area contributed by atoms with Crippen LogP contribution in [0.15, 0.2) is 138 Å². The van der Waals surface area contributed by atoms with Gasteiger partial charge in [-0.3, -0.25) is 28.8 Å². The van der Waals surface area contributed by atoms with Gasteiger partial charge in [0, 0.05) is 169 Å². The molecule has 5 radical (unpaired) electrons. The zero-order valence-corrected chi connectivity index (χ0v) is 96.7. The summed E-state index contributed by atoms with van der Waals surface area (Å²) in [7, 11) is 10.8. The summed E-state index contributed by atoms with van der Waals surface area (Å²) < 4.78 is 82.5. The fraction of sp³-hybridized carbons (Fsp3) is 0.736. The number of carbonyl (C=O) groups is 6. The van der Waals surface area contributed by atoms with E-state index in [0.29, 0.717) is 182 Å². The summed E-state index contributed by atoms with van der Waals surface area (Å²) in [6.07, 6.45) is 44.1.